The van der Waals surface area contributed by atoms with Gasteiger partial charge in [-0.25, -0.2) is 19.3 Å². The van der Waals surface area contributed by atoms with Crippen LogP contribution >= 0.6 is 0 Å². The lowest BCUT2D eigenvalue weighted by Gasteiger charge is -2.13. The van der Waals surface area contributed by atoms with Gasteiger partial charge in [-0.15, -0.1) is 0 Å². The van der Waals surface area contributed by atoms with Crippen molar-refractivity contribution in [2.75, 3.05) is 13.2 Å². The maximum Gasteiger partial charge on any atom is 0.333 e. The van der Waals surface area contributed by atoms with Crippen LogP contribution in [0.2, 0.25) is 0 Å². The first-order valence-corrected chi connectivity index (χ1v) is 12.0. The Kier molecular flexibility index (Phi) is 6.43. The van der Waals surface area contributed by atoms with Crippen LogP contribution in [-0.2, 0) is 25.6 Å². The predicted octanol–water partition coefficient (Wildman–Crippen LogP) is 2.70. The summed E-state index contributed by atoms with van der Waals surface area (Å²) in [5.74, 6) is -0.420. The molecule has 11 nitrogen and oxygen atoms in total. The number of fused-ring (bicyclic) bond motifs is 2. The Morgan fingerprint density at radius 2 is 1.70 bits per heavy atom. The van der Waals surface area contributed by atoms with E-state index in [2.05, 4.69) is 21.6 Å². The van der Waals surface area contributed by atoms with E-state index in [4.69, 9.17) is 9.47 Å². The number of nitrogens with one attached hydrogen (secondary N) is 1. The molecular formula is C26H25N5O6. The van der Waals surface area contributed by atoms with E-state index in [1.807, 2.05) is 6.07 Å². The number of aromatic amines is 1. The van der Waals surface area contributed by atoms with Gasteiger partial charge in [0.15, 0.2) is 0 Å². The number of nitrogens with zero attached hydrogens (tertiary/aromatic N) is 4. The van der Waals surface area contributed by atoms with Crippen LogP contribution in [0.5, 0.6) is 0 Å². The molecule has 0 fully saturated rings. The van der Waals surface area contributed by atoms with Gasteiger partial charge >= 0.3 is 11.9 Å². The summed E-state index contributed by atoms with van der Waals surface area (Å²) in [7, 11) is 0. The summed E-state index contributed by atoms with van der Waals surface area (Å²) < 4.78 is 12.9. The second-order valence-electron chi connectivity index (χ2n) is 8.86. The quantitative estimate of drug-likeness (QED) is 0.133. The van der Waals surface area contributed by atoms with Gasteiger partial charge in [-0.3, -0.25) is 24.0 Å². The van der Waals surface area contributed by atoms with Crippen LogP contribution in [0, 0.1) is 0 Å². The molecule has 3 aromatic heterocycles. The van der Waals surface area contributed by atoms with Crippen molar-refractivity contribution in [2.45, 2.75) is 39.2 Å². The fourth-order valence-electron chi connectivity index (χ4n) is 4.51. The van der Waals surface area contributed by atoms with E-state index < -0.39 is 11.9 Å². The van der Waals surface area contributed by atoms with Crippen molar-refractivity contribution in [1.29, 1.82) is 0 Å². The standard InChI is InChI=1S/C26H25N5O6/c1-15(2)25(35)37-13-12-36-20(32)6-4-3-5-11-30-23(33)16-7-9-18-22-19(31-26(29-18)27-14-28-31)10-8-17(21(16)22)24(30)34/h7-10,14H,1,3-6,11-13H2,2H3,(H,27,28,29). The van der Waals surface area contributed by atoms with Gasteiger partial charge in [0.25, 0.3) is 16.9 Å². The highest BCUT2D eigenvalue weighted by molar-refractivity contribution is 6.21. The molecule has 0 bridgehead atoms. The number of H-pyrrole nitrogens is 1. The van der Waals surface area contributed by atoms with Gasteiger partial charge in [-0.1, -0.05) is 13.0 Å². The van der Waals surface area contributed by atoms with E-state index in [9.17, 15) is 19.2 Å². The average molecular weight is 504 g/mol. The largest absolute Gasteiger partial charge is 0.462 e. The summed E-state index contributed by atoms with van der Waals surface area (Å²) in [6.07, 6.45) is 3.47. The molecule has 1 N–H and O–H groups in total. The zero-order valence-corrected chi connectivity index (χ0v) is 20.3. The molecule has 0 unspecified atom stereocenters. The minimum absolute atomic E-state index is 0.0174. The lowest BCUT2D eigenvalue weighted by molar-refractivity contribution is -0.150. The summed E-state index contributed by atoms with van der Waals surface area (Å²) in [5.41, 5.74) is 1.05. The Hall–Kier alpha value is -4.54. The molecule has 0 amide bonds. The van der Waals surface area contributed by atoms with Crippen LogP contribution in [0.25, 0.3) is 38.4 Å². The Bertz CT molecular complexity index is 1750. The van der Waals surface area contributed by atoms with Crippen molar-refractivity contribution in [3.63, 3.8) is 0 Å². The molecule has 0 atom stereocenters. The minimum Gasteiger partial charge on any atom is -0.462 e. The SMILES string of the molecule is C=C(C)C(=O)OCCOC(=O)CCCCCn1c(=O)c2ccc3nc4nc[nH]n4c4ccc(c1=O)c2c34. The zero-order chi connectivity index (χ0) is 26.1. The number of esters is 2. The van der Waals surface area contributed by atoms with Crippen LogP contribution in [0.3, 0.4) is 0 Å². The highest BCUT2D eigenvalue weighted by Crippen LogP contribution is 2.30. The molecule has 0 radical (unpaired) electrons. The van der Waals surface area contributed by atoms with Gasteiger partial charge in [0.2, 0.25) is 0 Å². The molecule has 0 aliphatic carbocycles. The Morgan fingerprint density at radius 1 is 0.973 bits per heavy atom. The zero-order valence-electron chi connectivity index (χ0n) is 20.3. The van der Waals surface area contributed by atoms with Gasteiger partial charge in [0, 0.05) is 40.1 Å². The van der Waals surface area contributed by atoms with Crippen LogP contribution in [0.4, 0.5) is 0 Å². The normalized spacial score (nSPS) is 11.6. The second kappa shape index (κ2) is 9.84. The molecule has 0 saturated carbocycles. The van der Waals surface area contributed by atoms with Crippen LogP contribution < -0.4 is 11.1 Å². The number of hydrogen-bond acceptors (Lipinski definition) is 8. The van der Waals surface area contributed by atoms with Crippen LogP contribution in [-0.4, -0.2) is 49.3 Å². The Labute approximate surface area is 209 Å². The number of hydrogen-bond donors (Lipinski definition) is 1. The summed E-state index contributed by atoms with van der Waals surface area (Å²) in [6.45, 7) is 5.22. The van der Waals surface area contributed by atoms with Crippen molar-refractivity contribution in [3.8, 4) is 0 Å². The molecule has 0 spiro atoms. The summed E-state index contributed by atoms with van der Waals surface area (Å²) in [6, 6.07) is 7.06. The molecule has 0 aliphatic rings. The van der Waals surface area contributed by atoms with Crippen molar-refractivity contribution in [3.05, 3.63) is 63.5 Å². The van der Waals surface area contributed by atoms with E-state index >= 15 is 0 Å². The van der Waals surface area contributed by atoms with Gasteiger partial charge in [-0.2, -0.15) is 0 Å². The number of unbranched alkanes of at least 4 members (excludes halogenated alkanes) is 2. The molecular weight excluding hydrogens is 478 g/mol. The molecule has 11 heteroatoms. The van der Waals surface area contributed by atoms with E-state index in [0.29, 0.717) is 46.7 Å². The number of aromatic nitrogens is 5. The topological polar surface area (TPSA) is 138 Å². The predicted molar refractivity (Wildman–Crippen MR) is 137 cm³/mol. The summed E-state index contributed by atoms with van der Waals surface area (Å²) in [4.78, 5) is 58.5. The van der Waals surface area contributed by atoms with Gasteiger partial charge in [0.05, 0.1) is 11.0 Å². The molecule has 190 valence electrons. The highest BCUT2D eigenvalue weighted by Gasteiger charge is 2.18. The average Bonchev–Trinajstić information content (AvgIpc) is 3.36. The third-order valence-corrected chi connectivity index (χ3v) is 6.29. The molecule has 0 aliphatic heterocycles. The third-order valence-electron chi connectivity index (χ3n) is 6.29. The maximum atomic E-state index is 13.3. The van der Waals surface area contributed by atoms with Crippen LogP contribution in [0.15, 0.2) is 52.3 Å². The first-order chi connectivity index (χ1) is 17.9. The third kappa shape index (κ3) is 4.44. The molecule has 37 heavy (non-hydrogen) atoms. The van der Waals surface area contributed by atoms with Crippen LogP contribution in [0.1, 0.15) is 32.6 Å². The van der Waals surface area contributed by atoms with Crippen molar-refractivity contribution in [2.24, 2.45) is 0 Å². The monoisotopic (exact) mass is 503 g/mol. The molecule has 0 saturated heterocycles. The molecule has 5 aromatic rings. The lowest BCUT2D eigenvalue weighted by Crippen LogP contribution is -2.33. The van der Waals surface area contributed by atoms with Crippen molar-refractivity contribution < 1.29 is 19.1 Å². The van der Waals surface area contributed by atoms with Crippen molar-refractivity contribution in [1.82, 2.24) is 24.1 Å². The van der Waals surface area contributed by atoms with E-state index in [-0.39, 0.29) is 42.9 Å². The fourth-order valence-corrected chi connectivity index (χ4v) is 4.51. The molecule has 5 rings (SSSR count). The number of ether oxygens (including phenoxy) is 2. The number of pyridine rings is 1. The smallest absolute Gasteiger partial charge is 0.333 e. The van der Waals surface area contributed by atoms with E-state index in [0.717, 1.165) is 10.9 Å². The van der Waals surface area contributed by atoms with E-state index in [1.54, 1.807) is 22.7 Å². The lowest BCUT2D eigenvalue weighted by atomic mass is 10.0. The number of carbonyl (C=O) groups excluding carboxylic acids is 2. The Balaban J connectivity index is 1.25. The van der Waals surface area contributed by atoms with E-state index in [1.165, 1.54) is 17.8 Å². The van der Waals surface area contributed by atoms with Gasteiger partial charge in [0.1, 0.15) is 19.5 Å². The Morgan fingerprint density at radius 3 is 2.46 bits per heavy atom. The summed E-state index contributed by atoms with van der Waals surface area (Å²) in [5, 5.41) is 5.28. The first-order valence-electron chi connectivity index (χ1n) is 12.0. The number of rotatable bonds is 10. The maximum absolute atomic E-state index is 13.3. The molecule has 3 heterocycles. The molecule has 2 aromatic carbocycles. The minimum atomic E-state index is -0.526. The fraction of sp³-hybridized carbons (Fsp3) is 0.308. The highest BCUT2D eigenvalue weighted by atomic mass is 16.6. The van der Waals surface area contributed by atoms with Gasteiger partial charge < -0.3 is 9.47 Å². The first kappa shape index (κ1) is 24.2. The van der Waals surface area contributed by atoms with Crippen molar-refractivity contribution >= 4 is 50.3 Å². The number of carbonyl (C=O) groups is 2. The van der Waals surface area contributed by atoms with Gasteiger partial charge in [-0.05, 0) is 44.0 Å². The summed E-state index contributed by atoms with van der Waals surface area (Å²) >= 11 is 0. The second-order valence-corrected chi connectivity index (χ2v) is 8.86. The number of benzene rings is 2.